The third-order valence-corrected chi connectivity index (χ3v) is 6.96. The van der Waals surface area contributed by atoms with Crippen LogP contribution in [0.1, 0.15) is 43.0 Å². The van der Waals surface area contributed by atoms with Crippen LogP contribution in [-0.4, -0.2) is 47.6 Å². The van der Waals surface area contributed by atoms with Crippen LogP contribution in [0.3, 0.4) is 0 Å². The monoisotopic (exact) mass is 627 g/mol. The molecule has 0 saturated carbocycles. The van der Waals surface area contributed by atoms with Gasteiger partial charge in [-0.3, -0.25) is 9.63 Å². The van der Waals surface area contributed by atoms with Gasteiger partial charge in [0, 0.05) is 0 Å². The van der Waals surface area contributed by atoms with Gasteiger partial charge in [-0.2, -0.15) is 0 Å². The van der Waals surface area contributed by atoms with Crippen LogP contribution in [0.15, 0.2) is 121 Å². The standard InChI is InChI=1S/C38H45NO7/c1-38(2,3)46-39-37(41)36(45-27-32-22-14-7-15-23-32)35(44-26-31-20-12-6-13-21-31)34(43-25-30-18-10-5-11-19-30)33(40)28-42-24-29-16-8-4-9-17-29/h4-23,33-36,40H,24-28H2,1-3H3,(H,39,41)/t33-,34-,35+,36-/m1/s1. The summed E-state index contributed by atoms with van der Waals surface area (Å²) in [6, 6.07) is 38.5. The molecule has 0 aliphatic heterocycles. The Morgan fingerprint density at radius 3 is 1.43 bits per heavy atom. The predicted octanol–water partition coefficient (Wildman–Crippen LogP) is 6.17. The van der Waals surface area contributed by atoms with Crippen molar-refractivity contribution in [3.05, 3.63) is 144 Å². The van der Waals surface area contributed by atoms with Gasteiger partial charge >= 0.3 is 0 Å². The Morgan fingerprint density at radius 2 is 1.00 bits per heavy atom. The topological polar surface area (TPSA) is 95.5 Å². The van der Waals surface area contributed by atoms with Crippen LogP contribution in [0.2, 0.25) is 0 Å². The van der Waals surface area contributed by atoms with Crippen LogP contribution in [0.5, 0.6) is 0 Å². The molecule has 0 unspecified atom stereocenters. The molecule has 0 fully saturated rings. The van der Waals surface area contributed by atoms with Crippen molar-refractivity contribution < 1.29 is 33.7 Å². The molecule has 8 nitrogen and oxygen atoms in total. The number of amides is 1. The van der Waals surface area contributed by atoms with Gasteiger partial charge in [0.2, 0.25) is 0 Å². The molecule has 46 heavy (non-hydrogen) atoms. The largest absolute Gasteiger partial charge is 0.388 e. The highest BCUT2D eigenvalue weighted by atomic mass is 16.7. The first-order chi connectivity index (χ1) is 22.3. The molecule has 4 rings (SSSR count). The molecule has 2 N–H and O–H groups in total. The predicted molar refractivity (Wildman–Crippen MR) is 176 cm³/mol. The average molecular weight is 628 g/mol. The fraction of sp³-hybridized carbons (Fsp3) is 0.342. The highest BCUT2D eigenvalue weighted by Gasteiger charge is 2.41. The van der Waals surface area contributed by atoms with Crippen LogP contribution in [-0.2, 0) is 55.0 Å². The number of hydrogen-bond acceptors (Lipinski definition) is 7. The van der Waals surface area contributed by atoms with Crippen LogP contribution < -0.4 is 5.48 Å². The van der Waals surface area contributed by atoms with E-state index >= 15 is 0 Å². The highest BCUT2D eigenvalue weighted by Crippen LogP contribution is 2.22. The van der Waals surface area contributed by atoms with Gasteiger partial charge in [0.1, 0.15) is 18.3 Å². The Labute approximate surface area is 272 Å². The van der Waals surface area contributed by atoms with E-state index in [9.17, 15) is 9.90 Å². The number of aliphatic hydroxyl groups is 1. The van der Waals surface area contributed by atoms with E-state index in [0.29, 0.717) is 6.61 Å². The quantitative estimate of drug-likeness (QED) is 0.128. The number of benzene rings is 4. The lowest BCUT2D eigenvalue weighted by Gasteiger charge is -2.35. The maximum atomic E-state index is 13.9. The maximum absolute atomic E-state index is 13.9. The van der Waals surface area contributed by atoms with E-state index in [2.05, 4.69) is 5.48 Å². The molecule has 8 heteroatoms. The number of aliphatic hydroxyl groups excluding tert-OH is 1. The summed E-state index contributed by atoms with van der Waals surface area (Å²) in [5.74, 6) is -0.561. The lowest BCUT2D eigenvalue weighted by Crippen LogP contribution is -2.55. The van der Waals surface area contributed by atoms with Crippen LogP contribution in [0, 0.1) is 0 Å². The van der Waals surface area contributed by atoms with Crippen LogP contribution >= 0.6 is 0 Å². The van der Waals surface area contributed by atoms with E-state index < -0.39 is 35.9 Å². The van der Waals surface area contributed by atoms with Gasteiger partial charge in [-0.15, -0.1) is 0 Å². The molecule has 0 saturated heterocycles. The summed E-state index contributed by atoms with van der Waals surface area (Å²) >= 11 is 0. The Bertz CT molecular complexity index is 1400. The average Bonchev–Trinajstić information content (AvgIpc) is 3.07. The van der Waals surface area contributed by atoms with Gasteiger partial charge in [-0.25, -0.2) is 5.48 Å². The summed E-state index contributed by atoms with van der Waals surface area (Å²) in [5, 5.41) is 11.7. The van der Waals surface area contributed by atoms with E-state index in [0.717, 1.165) is 22.3 Å². The second kappa shape index (κ2) is 18.3. The Kier molecular flexibility index (Phi) is 13.9. The lowest BCUT2D eigenvalue weighted by atomic mass is 10.0. The Balaban J connectivity index is 1.64. The third kappa shape index (κ3) is 12.1. The fourth-order valence-electron chi connectivity index (χ4n) is 4.62. The second-order valence-electron chi connectivity index (χ2n) is 12.0. The number of carbonyl (C=O) groups excluding carboxylic acids is 1. The molecule has 0 aromatic heterocycles. The maximum Gasteiger partial charge on any atom is 0.275 e. The summed E-state index contributed by atoms with van der Waals surface area (Å²) in [6.45, 7) is 6.15. The summed E-state index contributed by atoms with van der Waals surface area (Å²) < 4.78 is 25.2. The summed E-state index contributed by atoms with van der Waals surface area (Å²) in [7, 11) is 0. The number of carbonyl (C=O) groups is 1. The van der Waals surface area contributed by atoms with E-state index in [-0.39, 0.29) is 26.4 Å². The van der Waals surface area contributed by atoms with Crippen molar-refractivity contribution in [1.29, 1.82) is 0 Å². The second-order valence-corrected chi connectivity index (χ2v) is 12.0. The minimum atomic E-state index is -1.23. The third-order valence-electron chi connectivity index (χ3n) is 6.96. The molecule has 4 aromatic rings. The molecule has 4 aromatic carbocycles. The zero-order chi connectivity index (χ0) is 32.6. The van der Waals surface area contributed by atoms with Crippen LogP contribution in [0.25, 0.3) is 0 Å². The minimum Gasteiger partial charge on any atom is -0.388 e. The highest BCUT2D eigenvalue weighted by molar-refractivity contribution is 5.80. The fourth-order valence-corrected chi connectivity index (χ4v) is 4.62. The molecule has 0 bridgehead atoms. The molecular formula is C38H45NO7. The normalized spacial score (nSPS) is 14.3. The van der Waals surface area contributed by atoms with Gasteiger partial charge in [0.15, 0.2) is 6.10 Å². The van der Waals surface area contributed by atoms with Crippen molar-refractivity contribution in [2.24, 2.45) is 0 Å². The summed E-state index contributed by atoms with van der Waals surface area (Å²) in [5.41, 5.74) is 5.52. The Morgan fingerprint density at radius 1 is 0.609 bits per heavy atom. The SMILES string of the molecule is CC(C)(C)ONC(=O)[C@H](OCc1ccccc1)[C@@H](OCc1ccccc1)[C@H](OCc1ccccc1)[C@H](O)COCc1ccccc1. The van der Waals surface area contributed by atoms with E-state index in [1.165, 1.54) is 0 Å². The van der Waals surface area contributed by atoms with Gasteiger partial charge in [0.05, 0.1) is 38.6 Å². The number of hydroxylamine groups is 1. The first-order valence-corrected chi connectivity index (χ1v) is 15.5. The molecule has 4 atom stereocenters. The number of rotatable bonds is 18. The number of hydrogen-bond donors (Lipinski definition) is 2. The van der Waals surface area contributed by atoms with E-state index in [1.807, 2.05) is 142 Å². The van der Waals surface area contributed by atoms with Crippen molar-refractivity contribution in [1.82, 2.24) is 5.48 Å². The summed E-state index contributed by atoms with van der Waals surface area (Å²) in [4.78, 5) is 19.5. The summed E-state index contributed by atoms with van der Waals surface area (Å²) in [6.07, 6.45) is -4.49. The van der Waals surface area contributed by atoms with Gasteiger partial charge in [-0.05, 0) is 43.0 Å². The van der Waals surface area contributed by atoms with Crippen molar-refractivity contribution in [2.45, 2.75) is 77.2 Å². The number of nitrogens with one attached hydrogen (secondary N) is 1. The molecule has 0 heterocycles. The first kappa shape index (κ1) is 35.0. The zero-order valence-electron chi connectivity index (χ0n) is 26.8. The number of ether oxygens (including phenoxy) is 4. The smallest absolute Gasteiger partial charge is 0.275 e. The van der Waals surface area contributed by atoms with E-state index in [1.54, 1.807) is 0 Å². The van der Waals surface area contributed by atoms with Crippen molar-refractivity contribution in [3.63, 3.8) is 0 Å². The van der Waals surface area contributed by atoms with Crippen molar-refractivity contribution in [2.75, 3.05) is 6.61 Å². The van der Waals surface area contributed by atoms with Gasteiger partial charge in [0.25, 0.3) is 5.91 Å². The lowest BCUT2D eigenvalue weighted by molar-refractivity contribution is -0.199. The van der Waals surface area contributed by atoms with Crippen LogP contribution in [0.4, 0.5) is 0 Å². The van der Waals surface area contributed by atoms with Crippen molar-refractivity contribution in [3.8, 4) is 0 Å². The van der Waals surface area contributed by atoms with E-state index in [4.69, 9.17) is 23.8 Å². The minimum absolute atomic E-state index is 0.0644. The molecule has 0 spiro atoms. The van der Waals surface area contributed by atoms with Gasteiger partial charge in [-0.1, -0.05) is 121 Å². The molecule has 0 aliphatic carbocycles. The van der Waals surface area contributed by atoms with Crippen molar-refractivity contribution >= 4 is 5.91 Å². The molecule has 0 aliphatic rings. The zero-order valence-corrected chi connectivity index (χ0v) is 26.8. The molecule has 1 amide bonds. The van der Waals surface area contributed by atoms with Gasteiger partial charge < -0.3 is 24.1 Å². The molecular weight excluding hydrogens is 582 g/mol. The Hall–Kier alpha value is -3.89. The molecule has 244 valence electrons. The molecule has 0 radical (unpaired) electrons. The first-order valence-electron chi connectivity index (χ1n) is 15.5.